The lowest BCUT2D eigenvalue weighted by Crippen LogP contribution is -2.37. The maximum atomic E-state index is 13.1. The molecule has 0 radical (unpaired) electrons. The average molecular weight is 1230 g/mol. The molecule has 0 aliphatic carbocycles. The van der Waals surface area contributed by atoms with Crippen LogP contribution >= 0.6 is 0 Å². The second kappa shape index (κ2) is 36.2. The Balaban J connectivity index is -0.000000488. The van der Waals surface area contributed by atoms with Crippen LogP contribution in [0.3, 0.4) is 0 Å². The topological polar surface area (TPSA) is 210 Å². The molecule has 0 heterocycles. The van der Waals surface area contributed by atoms with Crippen molar-refractivity contribution in [3.05, 3.63) is 0 Å². The van der Waals surface area contributed by atoms with Crippen molar-refractivity contribution in [1.82, 2.24) is 0 Å². The van der Waals surface area contributed by atoms with Crippen LogP contribution < -0.4 is 0 Å². The highest BCUT2D eigenvalue weighted by Crippen LogP contribution is 2.34. The molecule has 81 heavy (non-hydrogen) atoms. The van der Waals surface area contributed by atoms with Gasteiger partial charge in [-0.1, -0.05) is 41.5 Å². The lowest BCUT2D eigenvalue weighted by molar-refractivity contribution is -0.209. The molecule has 0 N–H and O–H groups in total. The van der Waals surface area contributed by atoms with Crippen molar-refractivity contribution in [1.29, 1.82) is 0 Å². The molecule has 34 heteroatoms. The number of carbonyl (C=O) groups is 8. The van der Waals surface area contributed by atoms with Gasteiger partial charge in [0, 0.05) is 0 Å². The smallest absolute Gasteiger partial charge is 0.395 e. The van der Waals surface area contributed by atoms with Crippen LogP contribution in [-0.2, 0) is 76.3 Å². The molecule has 2 unspecified atom stereocenters. The fourth-order valence-electron chi connectivity index (χ4n) is 4.20. The number of halogens is 18. The summed E-state index contributed by atoms with van der Waals surface area (Å²) in [4.78, 5) is 88.7. The maximum absolute atomic E-state index is 13.1. The van der Waals surface area contributed by atoms with Crippen molar-refractivity contribution < 1.29 is 155 Å². The molecule has 0 aliphatic heterocycles. The minimum absolute atomic E-state index is 0.281. The van der Waals surface area contributed by atoms with E-state index in [1.165, 1.54) is 0 Å². The zero-order chi connectivity index (χ0) is 64.8. The highest BCUT2D eigenvalue weighted by atomic mass is 19.4. The van der Waals surface area contributed by atoms with Gasteiger partial charge in [-0.25, -0.2) is 36.7 Å². The van der Waals surface area contributed by atoms with Gasteiger partial charge in [-0.15, -0.1) is 0 Å². The fourth-order valence-corrected chi connectivity index (χ4v) is 4.20. The summed E-state index contributed by atoms with van der Waals surface area (Å²) < 4.78 is 257. The number of esters is 8. The van der Waals surface area contributed by atoms with Crippen LogP contribution in [0.1, 0.15) is 128 Å². The molecule has 2 atom stereocenters. The van der Waals surface area contributed by atoms with Gasteiger partial charge in [0.15, 0.2) is 0 Å². The molecule has 0 saturated carbocycles. The molecule has 0 aromatic heterocycles. The Morgan fingerprint density at radius 3 is 0.778 bits per heavy atom. The van der Waals surface area contributed by atoms with Crippen molar-refractivity contribution >= 4 is 47.8 Å². The summed E-state index contributed by atoms with van der Waals surface area (Å²) in [5.41, 5.74) is -1.53. The summed E-state index contributed by atoms with van der Waals surface area (Å²) in [5.74, 6) is -33.3. The van der Waals surface area contributed by atoms with Gasteiger partial charge in [-0.2, -0.15) is 61.5 Å². The number of carbonyl (C=O) groups excluding carboxylic acids is 8. The third-order valence-electron chi connectivity index (χ3n) is 10.1. The number of rotatable bonds is 30. The lowest BCUT2D eigenvalue weighted by atomic mass is 9.91. The lowest BCUT2D eigenvalue weighted by Gasteiger charge is -2.21. The van der Waals surface area contributed by atoms with E-state index < -0.39 is 185 Å². The number of hydrogen-bond acceptors (Lipinski definition) is 16. The van der Waals surface area contributed by atoms with E-state index in [0.29, 0.717) is 25.7 Å². The van der Waals surface area contributed by atoms with E-state index in [9.17, 15) is 117 Å². The van der Waals surface area contributed by atoms with Crippen LogP contribution in [0.15, 0.2) is 0 Å². The molecule has 0 rings (SSSR count). The minimum Gasteiger partial charge on any atom is -0.462 e. The zero-order valence-electron chi connectivity index (χ0n) is 45.9. The Bertz CT molecular complexity index is 1870. The average Bonchev–Trinajstić information content (AvgIpc) is 3.30. The van der Waals surface area contributed by atoms with Gasteiger partial charge in [-0.3, -0.25) is 19.2 Å². The quantitative estimate of drug-likeness (QED) is 0.0283. The second-order valence-corrected chi connectivity index (χ2v) is 18.5. The van der Waals surface area contributed by atoms with Crippen molar-refractivity contribution in [3.8, 4) is 0 Å². The van der Waals surface area contributed by atoms with E-state index in [0.717, 1.165) is 0 Å². The molecule has 0 aromatic carbocycles. The first-order valence-corrected chi connectivity index (χ1v) is 24.0. The first kappa shape index (κ1) is 82.0. The van der Waals surface area contributed by atoms with E-state index in [2.05, 4.69) is 33.2 Å². The van der Waals surface area contributed by atoms with Crippen LogP contribution in [0.5, 0.6) is 0 Å². The Kier molecular flexibility index (Phi) is 36.6. The molecular weight excluding hydrogens is 1160 g/mol. The Morgan fingerprint density at radius 1 is 0.346 bits per heavy atom. The molecular formula is C47H68F18O16. The van der Waals surface area contributed by atoms with Crippen LogP contribution in [-0.4, -0.2) is 149 Å². The molecule has 0 aliphatic rings. The van der Waals surface area contributed by atoms with E-state index in [-0.39, 0.29) is 19.4 Å². The number of alkyl halides is 18. The Hall–Kier alpha value is -5.50. The molecule has 0 bridgehead atoms. The van der Waals surface area contributed by atoms with Crippen LogP contribution in [0, 0.1) is 22.7 Å². The molecule has 0 fully saturated rings. The Labute approximate surface area is 454 Å². The van der Waals surface area contributed by atoms with Crippen LogP contribution in [0.4, 0.5) is 79.0 Å². The molecule has 0 aromatic rings. The second-order valence-electron chi connectivity index (χ2n) is 18.5. The summed E-state index contributed by atoms with van der Waals surface area (Å²) in [6.45, 7) is 12.5. The van der Waals surface area contributed by atoms with Crippen molar-refractivity contribution in [2.75, 3.05) is 52.9 Å². The van der Waals surface area contributed by atoms with Crippen molar-refractivity contribution in [2.45, 2.75) is 176 Å². The monoisotopic (exact) mass is 1230 g/mol. The standard InChI is InChI=1S/C13H20F4O4.C12H17F5O4.C11H15F5O4.C11H16F4O4/c1-5-11(2,3)9(18)20-6-7-21-10(19)13(16,17)8-12(4,14)15;1-4-10(2,3)8(18)20-5-6-21-9(19)11(13,14)7-12(15,16)17;1-3-7(2)8(17)19-4-5-20-9(18)10(12,13)6-11(14,15)16;1-3-7(2)9(16)18-4-5-19-10(17)11(14,15)6-8(12)13/h5-8H2,1-4H3;4-7H2,1-3H3;7H,3-6H2,1-2H3;7-8H,3-6H2,1-2H3. The van der Waals surface area contributed by atoms with Crippen molar-refractivity contribution in [3.63, 3.8) is 0 Å². The Morgan fingerprint density at radius 2 is 0.568 bits per heavy atom. The third kappa shape index (κ3) is 39.6. The van der Waals surface area contributed by atoms with E-state index in [1.54, 1.807) is 69.2 Å². The van der Waals surface area contributed by atoms with Gasteiger partial charge in [0.25, 0.3) is 5.92 Å². The van der Waals surface area contributed by atoms with Crippen molar-refractivity contribution in [2.24, 2.45) is 22.7 Å². The third-order valence-corrected chi connectivity index (χ3v) is 10.1. The normalized spacial score (nSPS) is 13.2. The van der Waals surface area contributed by atoms with E-state index in [4.69, 9.17) is 4.74 Å². The van der Waals surface area contributed by atoms with Crippen LogP contribution in [0.2, 0.25) is 0 Å². The predicted octanol–water partition coefficient (Wildman–Crippen LogP) is 11.4. The summed E-state index contributed by atoms with van der Waals surface area (Å²) in [7, 11) is 0. The van der Waals surface area contributed by atoms with Crippen LogP contribution in [0.25, 0.3) is 0 Å². The van der Waals surface area contributed by atoms with Gasteiger partial charge in [-0.05, 0) is 60.3 Å². The van der Waals surface area contributed by atoms with E-state index in [1.807, 2.05) is 0 Å². The van der Waals surface area contributed by atoms with Gasteiger partial charge >= 0.3 is 83.8 Å². The van der Waals surface area contributed by atoms with Gasteiger partial charge in [0.05, 0.1) is 35.5 Å². The fraction of sp³-hybridized carbons (Fsp3) is 0.830. The summed E-state index contributed by atoms with van der Waals surface area (Å²) >= 11 is 0. The maximum Gasteiger partial charge on any atom is 0.395 e. The molecule has 0 spiro atoms. The van der Waals surface area contributed by atoms with Gasteiger partial charge < -0.3 is 37.9 Å². The number of hydrogen-bond donors (Lipinski definition) is 0. The van der Waals surface area contributed by atoms with Gasteiger partial charge in [0.1, 0.15) is 65.7 Å². The highest BCUT2D eigenvalue weighted by Gasteiger charge is 2.52. The largest absolute Gasteiger partial charge is 0.462 e. The molecule has 478 valence electrons. The predicted molar refractivity (Wildman–Crippen MR) is 242 cm³/mol. The van der Waals surface area contributed by atoms with E-state index >= 15 is 0 Å². The summed E-state index contributed by atoms with van der Waals surface area (Å²) in [6, 6.07) is 0. The van der Waals surface area contributed by atoms with Gasteiger partial charge in [0.2, 0.25) is 6.43 Å². The zero-order valence-corrected chi connectivity index (χ0v) is 45.9. The number of ether oxygens (including phenoxy) is 8. The first-order valence-electron chi connectivity index (χ1n) is 24.0. The summed E-state index contributed by atoms with van der Waals surface area (Å²) in [5, 5.41) is 0. The molecule has 0 saturated heterocycles. The minimum atomic E-state index is -5.19. The summed E-state index contributed by atoms with van der Waals surface area (Å²) in [6.07, 6.45) is -20.7. The SMILES string of the molecule is CCC(C)(C)C(=O)OCCOC(=O)C(F)(F)CC(C)(F)F.CCC(C)(C)C(=O)OCCOC(=O)C(F)(F)CC(F)(F)F.CCC(C)C(=O)OCCOC(=O)C(F)(F)CC(F)(F)F.CCC(C)C(=O)OCCOC(=O)C(F)(F)CC(F)F. The molecule has 16 nitrogen and oxygen atoms in total. The highest BCUT2D eigenvalue weighted by molar-refractivity contribution is 5.79. The first-order chi connectivity index (χ1) is 36.3. The molecule has 0 amide bonds.